The highest BCUT2D eigenvalue weighted by Crippen LogP contribution is 2.28. The fourth-order valence-corrected chi connectivity index (χ4v) is 3.91. The van der Waals surface area contributed by atoms with E-state index < -0.39 is 5.91 Å². The van der Waals surface area contributed by atoms with E-state index in [1.165, 1.54) is 23.1 Å². The molecular weight excluding hydrogens is 434 g/mol. The molecule has 1 heterocycles. The van der Waals surface area contributed by atoms with Crippen molar-refractivity contribution in [3.05, 3.63) is 59.1 Å². The zero-order valence-corrected chi connectivity index (χ0v) is 17.5. The summed E-state index contributed by atoms with van der Waals surface area (Å²) < 4.78 is 5.74. The average molecular weight is 450 g/mol. The summed E-state index contributed by atoms with van der Waals surface area (Å²) in [6.07, 6.45) is 0. The molecule has 3 aromatic rings. The Labute approximate surface area is 180 Å². The normalized spacial score (nSPS) is 10.3. The Morgan fingerprint density at radius 1 is 1.10 bits per heavy atom. The number of carbonyl (C=O) groups is 2. The van der Waals surface area contributed by atoms with E-state index in [-0.39, 0.29) is 17.2 Å². The summed E-state index contributed by atoms with van der Waals surface area (Å²) in [4.78, 5) is 24.0. The topological polar surface area (TPSA) is 105 Å². The third kappa shape index (κ3) is 6.08. The largest absolute Gasteiger partial charge is 0.497 e. The van der Waals surface area contributed by atoms with Gasteiger partial charge in [0.25, 0.3) is 5.91 Å². The SMILES string of the molecule is COc1ccc(Nc2nnc(SCC(=O)NNC(=O)c3ccccc3Cl)s2)cc1. The molecule has 0 unspecified atom stereocenters. The molecule has 0 spiro atoms. The van der Waals surface area contributed by atoms with Gasteiger partial charge in [-0.2, -0.15) is 0 Å². The molecule has 2 aromatic carbocycles. The molecule has 0 radical (unpaired) electrons. The lowest BCUT2D eigenvalue weighted by atomic mass is 10.2. The molecule has 0 fully saturated rings. The Morgan fingerprint density at radius 3 is 2.59 bits per heavy atom. The smallest absolute Gasteiger partial charge is 0.271 e. The molecule has 8 nitrogen and oxygen atoms in total. The zero-order chi connectivity index (χ0) is 20.6. The highest BCUT2D eigenvalue weighted by Gasteiger charge is 2.12. The maximum atomic E-state index is 12.0. The Bertz CT molecular complexity index is 997. The second kappa shape index (κ2) is 10.1. The predicted octanol–water partition coefficient (Wildman–Crippen LogP) is 3.50. The van der Waals surface area contributed by atoms with Gasteiger partial charge in [0.15, 0.2) is 4.34 Å². The van der Waals surface area contributed by atoms with Crippen LogP contribution in [0, 0.1) is 0 Å². The molecule has 150 valence electrons. The van der Waals surface area contributed by atoms with Gasteiger partial charge in [0, 0.05) is 5.69 Å². The summed E-state index contributed by atoms with van der Waals surface area (Å²) in [5, 5.41) is 12.1. The van der Waals surface area contributed by atoms with Crippen molar-refractivity contribution in [2.45, 2.75) is 4.34 Å². The third-order valence-corrected chi connectivity index (χ3v) is 5.81. The van der Waals surface area contributed by atoms with Gasteiger partial charge in [-0.25, -0.2) is 0 Å². The molecule has 0 saturated carbocycles. The molecule has 0 bridgehead atoms. The molecule has 0 aliphatic rings. The number of aromatic nitrogens is 2. The predicted molar refractivity (Wildman–Crippen MR) is 114 cm³/mol. The molecular formula is C18H16ClN5O3S2. The summed E-state index contributed by atoms with van der Waals surface area (Å²) in [6.45, 7) is 0. The van der Waals surface area contributed by atoms with Crippen molar-refractivity contribution in [1.82, 2.24) is 21.0 Å². The summed E-state index contributed by atoms with van der Waals surface area (Å²) in [6, 6.07) is 14.0. The van der Waals surface area contributed by atoms with Crippen LogP contribution in [-0.4, -0.2) is 34.9 Å². The highest BCUT2D eigenvalue weighted by molar-refractivity contribution is 8.01. The number of nitrogens with zero attached hydrogens (tertiary/aromatic N) is 2. The number of rotatable bonds is 7. The number of hydrogen-bond acceptors (Lipinski definition) is 8. The van der Waals surface area contributed by atoms with Crippen LogP contribution in [0.2, 0.25) is 5.02 Å². The summed E-state index contributed by atoms with van der Waals surface area (Å²) in [5.74, 6) is -0.0391. The van der Waals surface area contributed by atoms with E-state index in [0.717, 1.165) is 11.4 Å². The van der Waals surface area contributed by atoms with Gasteiger partial charge in [-0.3, -0.25) is 20.4 Å². The molecule has 11 heteroatoms. The number of nitrogens with one attached hydrogen (secondary N) is 3. The zero-order valence-electron chi connectivity index (χ0n) is 15.1. The van der Waals surface area contributed by atoms with Gasteiger partial charge >= 0.3 is 0 Å². The van der Waals surface area contributed by atoms with Crippen molar-refractivity contribution in [3.63, 3.8) is 0 Å². The van der Waals surface area contributed by atoms with Crippen molar-refractivity contribution in [1.29, 1.82) is 0 Å². The number of carbonyl (C=O) groups excluding carboxylic acids is 2. The van der Waals surface area contributed by atoms with Gasteiger partial charge in [0.05, 0.1) is 23.4 Å². The standard InChI is InChI=1S/C18H16ClN5O3S2/c1-27-12-8-6-11(7-9-12)20-17-23-24-18(29-17)28-10-15(25)21-22-16(26)13-4-2-3-5-14(13)19/h2-9H,10H2,1H3,(H,20,23)(H,21,25)(H,22,26). The van der Waals surface area contributed by atoms with Crippen LogP contribution in [-0.2, 0) is 4.79 Å². The minimum Gasteiger partial charge on any atom is -0.497 e. The Hall–Kier alpha value is -2.82. The number of hydrazine groups is 1. The fraction of sp³-hybridized carbons (Fsp3) is 0.111. The van der Waals surface area contributed by atoms with E-state index in [2.05, 4.69) is 26.4 Å². The van der Waals surface area contributed by atoms with E-state index in [9.17, 15) is 9.59 Å². The van der Waals surface area contributed by atoms with Crippen molar-refractivity contribution in [2.75, 3.05) is 18.2 Å². The van der Waals surface area contributed by atoms with Gasteiger partial charge < -0.3 is 10.1 Å². The lowest BCUT2D eigenvalue weighted by molar-refractivity contribution is -0.119. The molecule has 3 rings (SSSR count). The molecule has 0 aliphatic heterocycles. The van der Waals surface area contributed by atoms with Crippen molar-refractivity contribution < 1.29 is 14.3 Å². The van der Waals surface area contributed by atoms with Crippen molar-refractivity contribution in [2.24, 2.45) is 0 Å². The maximum Gasteiger partial charge on any atom is 0.271 e. The fourth-order valence-electron chi connectivity index (χ4n) is 2.12. The molecule has 29 heavy (non-hydrogen) atoms. The summed E-state index contributed by atoms with van der Waals surface area (Å²) in [7, 11) is 1.61. The van der Waals surface area contributed by atoms with Gasteiger partial charge in [0.2, 0.25) is 11.0 Å². The molecule has 3 N–H and O–H groups in total. The number of hydrogen-bond donors (Lipinski definition) is 3. The first-order chi connectivity index (χ1) is 14.0. The lowest BCUT2D eigenvalue weighted by Crippen LogP contribution is -2.42. The van der Waals surface area contributed by atoms with Gasteiger partial charge in [-0.1, -0.05) is 46.8 Å². The number of benzene rings is 2. The minimum absolute atomic E-state index is 0.0694. The maximum absolute atomic E-state index is 12.0. The molecule has 0 aliphatic carbocycles. The Kier molecular flexibility index (Phi) is 7.28. The molecule has 2 amide bonds. The van der Waals surface area contributed by atoms with Gasteiger partial charge in [0.1, 0.15) is 5.75 Å². The van der Waals surface area contributed by atoms with Crippen LogP contribution < -0.4 is 20.9 Å². The minimum atomic E-state index is -0.490. The first kappa shape index (κ1) is 20.9. The number of amides is 2. The Morgan fingerprint density at radius 2 is 1.86 bits per heavy atom. The second-order valence-electron chi connectivity index (χ2n) is 5.50. The highest BCUT2D eigenvalue weighted by atomic mass is 35.5. The van der Waals surface area contributed by atoms with Gasteiger partial charge in [-0.05, 0) is 36.4 Å². The van der Waals surface area contributed by atoms with Crippen LogP contribution in [0.25, 0.3) is 0 Å². The van der Waals surface area contributed by atoms with Crippen LogP contribution in [0.1, 0.15) is 10.4 Å². The quantitative estimate of drug-likeness (QED) is 0.374. The van der Waals surface area contributed by atoms with E-state index in [1.54, 1.807) is 31.4 Å². The number of anilines is 2. The molecule has 1 aromatic heterocycles. The van der Waals surface area contributed by atoms with Crippen LogP contribution in [0.15, 0.2) is 52.9 Å². The number of halogens is 1. The second-order valence-corrected chi connectivity index (χ2v) is 8.10. The summed E-state index contributed by atoms with van der Waals surface area (Å²) >= 11 is 8.48. The molecule has 0 saturated heterocycles. The van der Waals surface area contributed by atoms with Crippen molar-refractivity contribution in [3.8, 4) is 5.75 Å². The number of methoxy groups -OCH3 is 1. The first-order valence-corrected chi connectivity index (χ1v) is 10.4. The molecule has 0 atom stereocenters. The summed E-state index contributed by atoms with van der Waals surface area (Å²) in [5.41, 5.74) is 5.80. The van der Waals surface area contributed by atoms with E-state index in [0.29, 0.717) is 14.5 Å². The van der Waals surface area contributed by atoms with Crippen LogP contribution >= 0.6 is 34.7 Å². The lowest BCUT2D eigenvalue weighted by Gasteiger charge is -2.07. The Balaban J connectivity index is 1.44. The van der Waals surface area contributed by atoms with Crippen LogP contribution in [0.4, 0.5) is 10.8 Å². The third-order valence-electron chi connectivity index (χ3n) is 3.51. The van der Waals surface area contributed by atoms with E-state index in [1.807, 2.05) is 24.3 Å². The van der Waals surface area contributed by atoms with Crippen LogP contribution in [0.5, 0.6) is 5.75 Å². The number of thioether (sulfide) groups is 1. The average Bonchev–Trinajstić information content (AvgIpc) is 3.18. The van der Waals surface area contributed by atoms with E-state index >= 15 is 0 Å². The number of ether oxygens (including phenoxy) is 1. The van der Waals surface area contributed by atoms with Gasteiger partial charge in [-0.15, -0.1) is 10.2 Å². The van der Waals surface area contributed by atoms with Crippen molar-refractivity contribution >= 4 is 57.3 Å². The monoisotopic (exact) mass is 449 g/mol. The van der Waals surface area contributed by atoms with E-state index in [4.69, 9.17) is 16.3 Å². The first-order valence-electron chi connectivity index (χ1n) is 8.26. The van der Waals surface area contributed by atoms with Crippen LogP contribution in [0.3, 0.4) is 0 Å².